The standard InChI is InChI=1S/C19H27N5O4/c1-19(2,3)15(13-25)21-17(26)24-14-5-4-6-20-16(14)23(18(24)27)8-7-22-9-11-28-12-10-22/h4-6,13,15H,7-12H2,1-3H3,(H,21,26)/t15-/m1/s1. The number of morpholine rings is 1. The van der Waals surface area contributed by atoms with E-state index in [1.807, 2.05) is 20.8 Å². The Hall–Kier alpha value is -2.52. The van der Waals surface area contributed by atoms with Gasteiger partial charge in [0.05, 0.1) is 24.8 Å². The van der Waals surface area contributed by atoms with E-state index in [1.165, 1.54) is 4.57 Å². The molecule has 1 atom stereocenters. The quantitative estimate of drug-likeness (QED) is 0.756. The minimum Gasteiger partial charge on any atom is -0.379 e. The molecule has 0 aromatic carbocycles. The first-order valence-electron chi connectivity index (χ1n) is 9.45. The van der Waals surface area contributed by atoms with E-state index in [-0.39, 0.29) is 0 Å². The molecule has 3 rings (SSSR count). The predicted octanol–water partition coefficient (Wildman–Crippen LogP) is 0.702. The van der Waals surface area contributed by atoms with E-state index in [0.717, 1.165) is 17.7 Å². The van der Waals surface area contributed by atoms with E-state index in [4.69, 9.17) is 4.74 Å². The van der Waals surface area contributed by atoms with Crippen LogP contribution < -0.4 is 11.0 Å². The number of hydrogen-bond donors (Lipinski definition) is 1. The van der Waals surface area contributed by atoms with E-state index in [9.17, 15) is 14.4 Å². The first kappa shape index (κ1) is 20.2. The average molecular weight is 389 g/mol. The third-order valence-corrected chi connectivity index (χ3v) is 4.98. The van der Waals surface area contributed by atoms with Gasteiger partial charge in [-0.05, 0) is 17.5 Å². The molecule has 0 spiro atoms. The van der Waals surface area contributed by atoms with Gasteiger partial charge in [-0.25, -0.2) is 19.1 Å². The fourth-order valence-corrected chi connectivity index (χ4v) is 3.20. The topological polar surface area (TPSA) is 98.5 Å². The van der Waals surface area contributed by atoms with Crippen LogP contribution in [0.15, 0.2) is 23.1 Å². The lowest BCUT2D eigenvalue weighted by atomic mass is 9.88. The fourth-order valence-electron chi connectivity index (χ4n) is 3.20. The number of carbonyl (C=O) groups is 2. The molecule has 9 nitrogen and oxygen atoms in total. The Labute approximate surface area is 163 Å². The lowest BCUT2D eigenvalue weighted by molar-refractivity contribution is -0.111. The molecule has 3 heterocycles. The Morgan fingerprint density at radius 1 is 1.32 bits per heavy atom. The molecule has 0 unspecified atom stereocenters. The lowest BCUT2D eigenvalue weighted by Crippen LogP contribution is -2.48. The van der Waals surface area contributed by atoms with E-state index in [1.54, 1.807) is 18.3 Å². The molecule has 28 heavy (non-hydrogen) atoms. The third-order valence-electron chi connectivity index (χ3n) is 4.98. The minimum atomic E-state index is -0.713. The molecule has 152 valence electrons. The monoisotopic (exact) mass is 389 g/mol. The molecule has 1 amide bonds. The number of nitrogens with one attached hydrogen (secondary N) is 1. The van der Waals surface area contributed by atoms with Crippen molar-refractivity contribution in [2.45, 2.75) is 33.4 Å². The van der Waals surface area contributed by atoms with Crippen LogP contribution in [0.4, 0.5) is 4.79 Å². The summed E-state index contributed by atoms with van der Waals surface area (Å²) >= 11 is 0. The van der Waals surface area contributed by atoms with Crippen molar-refractivity contribution in [3.8, 4) is 0 Å². The van der Waals surface area contributed by atoms with Gasteiger partial charge in [-0.1, -0.05) is 20.8 Å². The van der Waals surface area contributed by atoms with Crippen LogP contribution in [-0.4, -0.2) is 70.2 Å². The molecular formula is C19H27N5O4. The second-order valence-corrected chi connectivity index (χ2v) is 8.00. The lowest BCUT2D eigenvalue weighted by Gasteiger charge is -2.26. The summed E-state index contributed by atoms with van der Waals surface area (Å²) in [4.78, 5) is 43.8. The first-order chi connectivity index (χ1) is 13.3. The van der Waals surface area contributed by atoms with Gasteiger partial charge in [0.15, 0.2) is 5.65 Å². The zero-order chi connectivity index (χ0) is 20.3. The third kappa shape index (κ3) is 4.15. The second kappa shape index (κ2) is 8.24. The highest BCUT2D eigenvalue weighted by atomic mass is 16.5. The van der Waals surface area contributed by atoms with Crippen LogP contribution in [0.1, 0.15) is 20.8 Å². The summed E-state index contributed by atoms with van der Waals surface area (Å²) in [6, 6.07) is 2.02. The Balaban J connectivity index is 1.90. The Morgan fingerprint density at radius 2 is 2.04 bits per heavy atom. The molecule has 1 aliphatic heterocycles. The number of nitrogens with zero attached hydrogens (tertiary/aromatic N) is 4. The molecule has 0 saturated carbocycles. The molecular weight excluding hydrogens is 362 g/mol. The number of hydrogen-bond acceptors (Lipinski definition) is 6. The molecule has 2 aromatic heterocycles. The number of imidazole rings is 1. The van der Waals surface area contributed by atoms with Crippen molar-refractivity contribution >= 4 is 23.5 Å². The highest BCUT2D eigenvalue weighted by Gasteiger charge is 2.28. The number of amides is 1. The molecule has 0 aliphatic carbocycles. The van der Waals surface area contributed by atoms with Crippen molar-refractivity contribution in [1.29, 1.82) is 0 Å². The molecule has 2 aromatic rings. The van der Waals surface area contributed by atoms with Gasteiger partial charge in [-0.15, -0.1) is 0 Å². The zero-order valence-electron chi connectivity index (χ0n) is 16.6. The predicted molar refractivity (Wildman–Crippen MR) is 104 cm³/mol. The van der Waals surface area contributed by atoms with Crippen molar-refractivity contribution in [3.63, 3.8) is 0 Å². The van der Waals surface area contributed by atoms with Crippen molar-refractivity contribution in [1.82, 2.24) is 24.3 Å². The van der Waals surface area contributed by atoms with Crippen molar-refractivity contribution < 1.29 is 14.3 Å². The van der Waals surface area contributed by atoms with Gasteiger partial charge in [0.25, 0.3) is 0 Å². The van der Waals surface area contributed by atoms with Crippen LogP contribution in [0.2, 0.25) is 0 Å². The molecule has 0 radical (unpaired) electrons. The van der Waals surface area contributed by atoms with Crippen LogP contribution in [0, 0.1) is 5.41 Å². The van der Waals surface area contributed by atoms with Gasteiger partial charge < -0.3 is 14.8 Å². The van der Waals surface area contributed by atoms with Crippen molar-refractivity contribution in [2.24, 2.45) is 5.41 Å². The SMILES string of the molecule is CC(C)(C)[C@@H](C=O)NC(=O)n1c(=O)n(CCN2CCOCC2)c2ncccc21. The van der Waals surface area contributed by atoms with Crippen LogP contribution in [0.25, 0.3) is 11.2 Å². The largest absolute Gasteiger partial charge is 0.379 e. The maximum absolute atomic E-state index is 13.0. The van der Waals surface area contributed by atoms with Gasteiger partial charge >= 0.3 is 11.7 Å². The van der Waals surface area contributed by atoms with Gasteiger partial charge in [0.2, 0.25) is 0 Å². The smallest absolute Gasteiger partial charge is 0.338 e. The normalized spacial score (nSPS) is 16.8. The second-order valence-electron chi connectivity index (χ2n) is 8.00. The maximum atomic E-state index is 13.0. The molecule has 1 N–H and O–H groups in total. The summed E-state index contributed by atoms with van der Waals surface area (Å²) in [5.74, 6) is 0. The Bertz CT molecular complexity index is 905. The van der Waals surface area contributed by atoms with Gasteiger partial charge in [-0.2, -0.15) is 0 Å². The zero-order valence-corrected chi connectivity index (χ0v) is 16.6. The van der Waals surface area contributed by atoms with Crippen LogP contribution in [0.3, 0.4) is 0 Å². The molecule has 1 saturated heterocycles. The molecule has 9 heteroatoms. The number of pyridine rings is 1. The highest BCUT2D eigenvalue weighted by molar-refractivity contribution is 5.89. The molecule has 0 bridgehead atoms. The summed E-state index contributed by atoms with van der Waals surface area (Å²) < 4.78 is 7.92. The van der Waals surface area contributed by atoms with Gasteiger partial charge in [0, 0.05) is 32.4 Å². The number of aromatic nitrogens is 3. The molecule has 1 fully saturated rings. The van der Waals surface area contributed by atoms with E-state index in [0.29, 0.717) is 43.8 Å². The average Bonchev–Trinajstić information content (AvgIpc) is 2.95. The fraction of sp³-hybridized carbons (Fsp3) is 0.579. The van der Waals surface area contributed by atoms with Crippen molar-refractivity contribution in [2.75, 3.05) is 32.8 Å². The minimum absolute atomic E-state index is 0.420. The number of fused-ring (bicyclic) bond motifs is 1. The Morgan fingerprint density at radius 3 is 2.68 bits per heavy atom. The summed E-state index contributed by atoms with van der Waals surface area (Å²) in [5, 5.41) is 2.66. The van der Waals surface area contributed by atoms with Crippen LogP contribution in [-0.2, 0) is 16.1 Å². The van der Waals surface area contributed by atoms with Crippen LogP contribution in [0.5, 0.6) is 0 Å². The first-order valence-corrected chi connectivity index (χ1v) is 9.45. The summed E-state index contributed by atoms with van der Waals surface area (Å²) in [6.07, 6.45) is 2.29. The van der Waals surface area contributed by atoms with Gasteiger partial charge in [-0.3, -0.25) is 9.47 Å². The van der Waals surface area contributed by atoms with E-state index >= 15 is 0 Å². The van der Waals surface area contributed by atoms with Crippen molar-refractivity contribution in [3.05, 3.63) is 28.8 Å². The summed E-state index contributed by atoms with van der Waals surface area (Å²) in [5.41, 5.74) is -0.0496. The van der Waals surface area contributed by atoms with E-state index < -0.39 is 23.2 Å². The highest BCUT2D eigenvalue weighted by Crippen LogP contribution is 2.18. The number of ether oxygens (including phenoxy) is 1. The maximum Gasteiger partial charge on any atom is 0.338 e. The van der Waals surface area contributed by atoms with E-state index in [2.05, 4.69) is 15.2 Å². The van der Waals surface area contributed by atoms with Crippen LogP contribution >= 0.6 is 0 Å². The summed E-state index contributed by atoms with van der Waals surface area (Å²) in [7, 11) is 0. The number of carbonyl (C=O) groups excluding carboxylic acids is 2. The number of aldehydes is 1. The summed E-state index contributed by atoms with van der Waals surface area (Å²) in [6.45, 7) is 9.62. The number of rotatable bonds is 5. The molecule has 1 aliphatic rings. The Kier molecular flexibility index (Phi) is 5.95. The van der Waals surface area contributed by atoms with Gasteiger partial charge in [0.1, 0.15) is 6.29 Å².